The minimum absolute atomic E-state index is 0.0484. The molecule has 0 unspecified atom stereocenters. The molecule has 4 rings (SSSR count). The van der Waals surface area contributed by atoms with Crippen molar-refractivity contribution in [2.75, 3.05) is 27.4 Å². The molecule has 12 nitrogen and oxygen atoms in total. The van der Waals surface area contributed by atoms with Crippen LogP contribution in [0.1, 0.15) is 115 Å². The Hall–Kier alpha value is -1.26. The Morgan fingerprint density at radius 1 is 1.00 bits per heavy atom. The van der Waals surface area contributed by atoms with Gasteiger partial charge in [-0.2, -0.15) is 0 Å². The highest BCUT2D eigenvalue weighted by Gasteiger charge is 2.65. The molecule has 0 N–H and O–H groups in total. The Kier molecular flexibility index (Phi) is 14.8. The van der Waals surface area contributed by atoms with Gasteiger partial charge in [-0.05, 0) is 91.3 Å². The van der Waals surface area contributed by atoms with E-state index in [1.165, 1.54) is 5.57 Å². The van der Waals surface area contributed by atoms with Crippen LogP contribution in [0.25, 0.3) is 0 Å². The first-order valence-electron chi connectivity index (χ1n) is 20.5. The Bertz CT molecular complexity index is 1340. The number of esters is 1. The SMILES string of the molecule is CCOC(=O)[C@@H]1OC(C)(C)O[C@]12O[C@H]([C@H](C[C@@H](C)C/C(C)=C/[C@H]1C[C@@H](O[Si](C)(C)C(C)(C)C)CO[C@@]13C[C@@H]([C@@H](C)C=O)OC(C)(C)O3)OC)[C@@H](OC)C[C@H]2C. The summed E-state index contributed by atoms with van der Waals surface area (Å²) in [6.07, 6.45) is 3.72. The summed E-state index contributed by atoms with van der Waals surface area (Å²) in [5.74, 6) is -5.38. The Balaban J connectivity index is 1.59. The molecular weight excluding hydrogens is 725 g/mol. The molecule has 0 aromatic heterocycles. The summed E-state index contributed by atoms with van der Waals surface area (Å²) in [4.78, 5) is 25.2. The number of hydrogen-bond donors (Lipinski definition) is 0. The monoisotopic (exact) mass is 798 g/mol. The largest absolute Gasteiger partial charge is 0.464 e. The summed E-state index contributed by atoms with van der Waals surface area (Å²) in [5.41, 5.74) is 1.19. The van der Waals surface area contributed by atoms with Crippen molar-refractivity contribution in [2.45, 2.75) is 193 Å². The molecule has 4 aliphatic rings. The molecule has 0 saturated carbocycles. The topological polar surface area (TPSA) is 126 Å². The van der Waals surface area contributed by atoms with Gasteiger partial charge in [-0.25, -0.2) is 4.79 Å². The molecule has 55 heavy (non-hydrogen) atoms. The second-order valence-electron chi connectivity index (χ2n) is 19.1. The lowest BCUT2D eigenvalue weighted by Crippen LogP contribution is -2.62. The van der Waals surface area contributed by atoms with Crippen LogP contribution in [0.15, 0.2) is 11.6 Å². The minimum atomic E-state index is -2.09. The maximum absolute atomic E-state index is 13.2. The van der Waals surface area contributed by atoms with Gasteiger partial charge in [-0.1, -0.05) is 53.2 Å². The zero-order valence-electron chi connectivity index (χ0n) is 36.8. The number of hydrogen-bond acceptors (Lipinski definition) is 12. The lowest BCUT2D eigenvalue weighted by Gasteiger charge is -2.54. The number of aldehydes is 1. The average Bonchev–Trinajstić information content (AvgIpc) is 3.35. The lowest BCUT2D eigenvalue weighted by molar-refractivity contribution is -0.425. The average molecular weight is 799 g/mol. The van der Waals surface area contributed by atoms with Gasteiger partial charge in [0.05, 0.1) is 37.6 Å². The number of carbonyl (C=O) groups excluding carboxylic acids is 2. The predicted octanol–water partition coefficient (Wildman–Crippen LogP) is 7.71. The minimum Gasteiger partial charge on any atom is -0.464 e. The van der Waals surface area contributed by atoms with Gasteiger partial charge < -0.3 is 51.9 Å². The van der Waals surface area contributed by atoms with Crippen molar-refractivity contribution in [1.29, 1.82) is 0 Å². The van der Waals surface area contributed by atoms with E-state index >= 15 is 0 Å². The second kappa shape index (κ2) is 17.5. The molecule has 13 heteroatoms. The molecule has 2 spiro atoms. The highest BCUT2D eigenvalue weighted by Crippen LogP contribution is 2.51. The smallest absolute Gasteiger partial charge is 0.341 e. The number of carbonyl (C=O) groups is 2. The van der Waals surface area contributed by atoms with Gasteiger partial charge in [-0.15, -0.1) is 0 Å². The van der Waals surface area contributed by atoms with Crippen LogP contribution < -0.4 is 0 Å². The predicted molar refractivity (Wildman–Crippen MR) is 211 cm³/mol. The van der Waals surface area contributed by atoms with Gasteiger partial charge in [0, 0.05) is 38.4 Å². The fourth-order valence-electron chi connectivity index (χ4n) is 8.71. The number of allylic oxidation sites excluding steroid dienone is 1. The lowest BCUT2D eigenvalue weighted by atomic mass is 9.80. The highest BCUT2D eigenvalue weighted by molar-refractivity contribution is 6.74. The molecule has 0 aromatic rings. The van der Waals surface area contributed by atoms with E-state index in [2.05, 4.69) is 53.8 Å². The van der Waals surface area contributed by atoms with Gasteiger partial charge in [-0.3, -0.25) is 0 Å². The van der Waals surface area contributed by atoms with Crippen LogP contribution >= 0.6 is 0 Å². The molecule has 4 fully saturated rings. The van der Waals surface area contributed by atoms with Crippen molar-refractivity contribution < 1.29 is 56.6 Å². The Labute approximate surface area is 332 Å². The molecule has 0 amide bonds. The van der Waals surface area contributed by atoms with Crippen molar-refractivity contribution in [2.24, 2.45) is 23.7 Å². The van der Waals surface area contributed by atoms with Crippen LogP contribution in [0.4, 0.5) is 0 Å². The van der Waals surface area contributed by atoms with Crippen LogP contribution in [0.5, 0.6) is 0 Å². The number of rotatable bonds is 14. The third kappa shape index (κ3) is 10.5. The third-order valence-electron chi connectivity index (χ3n) is 12.4. The van der Waals surface area contributed by atoms with Gasteiger partial charge in [0.1, 0.15) is 12.4 Å². The first-order chi connectivity index (χ1) is 25.4. The molecule has 0 aliphatic carbocycles. The van der Waals surface area contributed by atoms with Crippen LogP contribution in [-0.2, 0) is 56.6 Å². The van der Waals surface area contributed by atoms with E-state index in [0.29, 0.717) is 25.9 Å². The molecule has 0 aromatic carbocycles. The van der Waals surface area contributed by atoms with Crippen molar-refractivity contribution >= 4 is 20.6 Å². The highest BCUT2D eigenvalue weighted by atomic mass is 28.4. The number of ether oxygens (including phenoxy) is 9. The van der Waals surface area contributed by atoms with Crippen LogP contribution in [0.3, 0.4) is 0 Å². The molecule has 12 atom stereocenters. The molecule has 0 bridgehead atoms. The van der Waals surface area contributed by atoms with E-state index < -0.39 is 49.6 Å². The zero-order chi connectivity index (χ0) is 41.4. The fraction of sp³-hybridized carbons (Fsp3) is 0.905. The zero-order valence-corrected chi connectivity index (χ0v) is 37.8. The molecule has 4 heterocycles. The Morgan fingerprint density at radius 2 is 1.65 bits per heavy atom. The van der Waals surface area contributed by atoms with Crippen LogP contribution in [0.2, 0.25) is 18.1 Å². The molecule has 4 aliphatic heterocycles. The van der Waals surface area contributed by atoms with E-state index in [4.69, 9.17) is 47.1 Å². The van der Waals surface area contributed by atoms with E-state index in [1.54, 1.807) is 35.0 Å². The van der Waals surface area contributed by atoms with Gasteiger partial charge in [0.25, 0.3) is 0 Å². The Morgan fingerprint density at radius 3 is 2.24 bits per heavy atom. The second-order valence-corrected chi connectivity index (χ2v) is 23.9. The summed E-state index contributed by atoms with van der Waals surface area (Å²) in [7, 11) is 1.27. The van der Waals surface area contributed by atoms with Crippen molar-refractivity contribution in [3.05, 3.63) is 11.6 Å². The van der Waals surface area contributed by atoms with E-state index in [1.807, 2.05) is 27.7 Å². The fourth-order valence-corrected chi connectivity index (χ4v) is 10.1. The van der Waals surface area contributed by atoms with Crippen molar-refractivity contribution in [1.82, 2.24) is 0 Å². The standard InChI is InChI=1S/C42H74O12Si/c1-17-47-37(44)36-42(54-40(11,12)51-36)29(5)21-33(46-14)35(50-42)32(45-13)20-27(3)18-26(2)19-30-22-31(52-55(15,16)38(6,7)8)25-48-41(30)23-34(28(4)24-43)49-39(9,10)53-41/h19,24,27-36H,17-18,20-23,25H2,1-16H3/b26-19+/t27-,28-,29+,30-,31+,32-,33-,34-,35+,36-,41+,42-/m0/s1. The summed E-state index contributed by atoms with van der Waals surface area (Å²) in [6.45, 7) is 29.3. The normalized spacial score (nSPS) is 37.1. The maximum atomic E-state index is 13.2. The number of methoxy groups -OCH3 is 2. The maximum Gasteiger partial charge on any atom is 0.341 e. The molecule has 4 saturated heterocycles. The summed E-state index contributed by atoms with van der Waals surface area (Å²) >= 11 is 0. The quantitative estimate of drug-likeness (QED) is 0.0740. The summed E-state index contributed by atoms with van der Waals surface area (Å²) in [5, 5.41) is 0.0484. The first kappa shape index (κ1) is 46.4. The summed E-state index contributed by atoms with van der Waals surface area (Å²) < 4.78 is 63.8. The van der Waals surface area contributed by atoms with Gasteiger partial charge >= 0.3 is 5.97 Å². The van der Waals surface area contributed by atoms with E-state index in [0.717, 1.165) is 19.1 Å². The molecule has 318 valence electrons. The van der Waals surface area contributed by atoms with E-state index in [-0.39, 0.29) is 59.7 Å². The first-order valence-corrected chi connectivity index (χ1v) is 23.4. The molecular formula is C42H74O12Si. The summed E-state index contributed by atoms with van der Waals surface area (Å²) in [6, 6.07) is 0. The van der Waals surface area contributed by atoms with Crippen molar-refractivity contribution in [3.8, 4) is 0 Å². The van der Waals surface area contributed by atoms with Crippen molar-refractivity contribution in [3.63, 3.8) is 0 Å². The third-order valence-corrected chi connectivity index (χ3v) is 16.9. The molecule has 0 radical (unpaired) electrons. The van der Waals surface area contributed by atoms with Gasteiger partial charge in [0.2, 0.25) is 11.9 Å². The van der Waals surface area contributed by atoms with Crippen LogP contribution in [0, 0.1) is 23.7 Å². The van der Waals surface area contributed by atoms with E-state index in [9.17, 15) is 9.59 Å². The van der Waals surface area contributed by atoms with Crippen LogP contribution in [-0.4, -0.2) is 108 Å². The van der Waals surface area contributed by atoms with Gasteiger partial charge in [0.15, 0.2) is 25.7 Å².